The number of nitrogens with zero attached hydrogens (tertiary/aromatic N) is 2. The van der Waals surface area contributed by atoms with Crippen molar-refractivity contribution in [1.82, 2.24) is 15.1 Å². The zero-order valence-corrected chi connectivity index (χ0v) is 10.8. The van der Waals surface area contributed by atoms with Crippen molar-refractivity contribution in [3.05, 3.63) is 0 Å². The summed E-state index contributed by atoms with van der Waals surface area (Å²) in [6.45, 7) is 7.23. The van der Waals surface area contributed by atoms with Crippen LogP contribution in [0.2, 0.25) is 0 Å². The fourth-order valence-corrected chi connectivity index (χ4v) is 2.49. The molecule has 3 nitrogen and oxygen atoms in total. The average Bonchev–Trinajstić information content (AvgIpc) is 2.60. The zero-order valence-electron chi connectivity index (χ0n) is 10.8. The summed E-state index contributed by atoms with van der Waals surface area (Å²) in [5.74, 6) is 0.884. The normalized spacial score (nSPS) is 25.0. The second-order valence-corrected chi connectivity index (χ2v) is 5.03. The predicted octanol–water partition coefficient (Wildman–Crippen LogP) is 0.868. The standard InChI is InChI=1S/C12H27N3/c1-5-12(13-2)10-15(4)9-11-6-7-14(3)8-11/h11-13H,5-10H2,1-4H3. The van der Waals surface area contributed by atoms with E-state index in [1.54, 1.807) is 0 Å². The van der Waals surface area contributed by atoms with Crippen LogP contribution in [0.1, 0.15) is 19.8 Å². The Morgan fingerprint density at radius 1 is 1.53 bits per heavy atom. The van der Waals surface area contributed by atoms with Crippen molar-refractivity contribution in [2.75, 3.05) is 47.3 Å². The maximum absolute atomic E-state index is 3.36. The molecule has 0 bridgehead atoms. The molecule has 0 aromatic rings. The van der Waals surface area contributed by atoms with E-state index in [1.165, 1.54) is 39.0 Å². The first-order valence-electron chi connectivity index (χ1n) is 6.20. The maximum Gasteiger partial charge on any atom is 0.0189 e. The molecule has 2 atom stereocenters. The Morgan fingerprint density at radius 3 is 2.73 bits per heavy atom. The Bertz CT molecular complexity index is 168. The van der Waals surface area contributed by atoms with E-state index in [2.05, 4.69) is 43.2 Å². The number of rotatable bonds is 6. The minimum Gasteiger partial charge on any atom is -0.316 e. The van der Waals surface area contributed by atoms with Gasteiger partial charge in [-0.15, -0.1) is 0 Å². The van der Waals surface area contributed by atoms with Gasteiger partial charge >= 0.3 is 0 Å². The van der Waals surface area contributed by atoms with E-state index in [0.29, 0.717) is 6.04 Å². The first kappa shape index (κ1) is 12.9. The van der Waals surface area contributed by atoms with Gasteiger partial charge in [0, 0.05) is 25.7 Å². The van der Waals surface area contributed by atoms with Gasteiger partial charge in [0.15, 0.2) is 0 Å². The van der Waals surface area contributed by atoms with Crippen molar-refractivity contribution >= 4 is 0 Å². The minimum absolute atomic E-state index is 0.647. The lowest BCUT2D eigenvalue weighted by Crippen LogP contribution is -2.39. The van der Waals surface area contributed by atoms with E-state index in [0.717, 1.165) is 5.92 Å². The highest BCUT2D eigenvalue weighted by atomic mass is 15.2. The SMILES string of the molecule is CCC(CN(C)CC1CCN(C)C1)NC. The summed E-state index contributed by atoms with van der Waals surface area (Å²) in [6.07, 6.45) is 2.59. The molecule has 15 heavy (non-hydrogen) atoms. The summed E-state index contributed by atoms with van der Waals surface area (Å²) in [5.41, 5.74) is 0. The van der Waals surface area contributed by atoms with Gasteiger partial charge in [0.1, 0.15) is 0 Å². The van der Waals surface area contributed by atoms with E-state index >= 15 is 0 Å². The van der Waals surface area contributed by atoms with Crippen molar-refractivity contribution in [2.24, 2.45) is 5.92 Å². The molecule has 1 fully saturated rings. The van der Waals surface area contributed by atoms with Crippen LogP contribution in [-0.4, -0.2) is 63.2 Å². The second-order valence-electron chi connectivity index (χ2n) is 5.03. The van der Waals surface area contributed by atoms with Crippen LogP contribution in [0.3, 0.4) is 0 Å². The highest BCUT2D eigenvalue weighted by Gasteiger charge is 2.21. The van der Waals surface area contributed by atoms with Crippen LogP contribution in [0.4, 0.5) is 0 Å². The van der Waals surface area contributed by atoms with Gasteiger partial charge < -0.3 is 15.1 Å². The topological polar surface area (TPSA) is 18.5 Å². The van der Waals surface area contributed by atoms with Crippen LogP contribution >= 0.6 is 0 Å². The molecule has 0 saturated carbocycles. The van der Waals surface area contributed by atoms with E-state index in [9.17, 15) is 0 Å². The molecule has 0 aromatic heterocycles. The Kier molecular flexibility index (Phi) is 5.58. The van der Waals surface area contributed by atoms with Gasteiger partial charge in [-0.3, -0.25) is 0 Å². The van der Waals surface area contributed by atoms with Gasteiger partial charge in [-0.1, -0.05) is 6.92 Å². The Labute approximate surface area is 94.8 Å². The van der Waals surface area contributed by atoms with Crippen molar-refractivity contribution in [3.8, 4) is 0 Å². The van der Waals surface area contributed by atoms with E-state index in [-0.39, 0.29) is 0 Å². The van der Waals surface area contributed by atoms with Crippen LogP contribution in [-0.2, 0) is 0 Å². The smallest absolute Gasteiger partial charge is 0.0189 e. The molecular formula is C12H27N3. The molecule has 1 aliphatic heterocycles. The van der Waals surface area contributed by atoms with Crippen LogP contribution in [0.15, 0.2) is 0 Å². The molecule has 90 valence electrons. The van der Waals surface area contributed by atoms with Crippen LogP contribution in [0, 0.1) is 5.92 Å². The number of likely N-dealkylation sites (tertiary alicyclic amines) is 1. The van der Waals surface area contributed by atoms with Gasteiger partial charge in [0.2, 0.25) is 0 Å². The highest BCUT2D eigenvalue weighted by molar-refractivity contribution is 4.76. The Hall–Kier alpha value is -0.120. The summed E-state index contributed by atoms with van der Waals surface area (Å²) in [5, 5.41) is 3.36. The summed E-state index contributed by atoms with van der Waals surface area (Å²) in [4.78, 5) is 4.92. The zero-order chi connectivity index (χ0) is 11.3. The summed E-state index contributed by atoms with van der Waals surface area (Å²) in [7, 11) is 6.53. The number of hydrogen-bond acceptors (Lipinski definition) is 3. The van der Waals surface area contributed by atoms with Crippen molar-refractivity contribution in [2.45, 2.75) is 25.8 Å². The predicted molar refractivity (Wildman–Crippen MR) is 66.2 cm³/mol. The van der Waals surface area contributed by atoms with Gasteiger partial charge in [-0.05, 0) is 46.4 Å². The fourth-order valence-electron chi connectivity index (χ4n) is 2.49. The monoisotopic (exact) mass is 213 g/mol. The van der Waals surface area contributed by atoms with Gasteiger partial charge in [-0.2, -0.15) is 0 Å². The summed E-state index contributed by atoms with van der Waals surface area (Å²) in [6, 6.07) is 0.647. The molecule has 1 rings (SSSR count). The first-order valence-corrected chi connectivity index (χ1v) is 6.20. The highest BCUT2D eigenvalue weighted by Crippen LogP contribution is 2.15. The molecule has 0 aromatic carbocycles. The molecular weight excluding hydrogens is 186 g/mol. The van der Waals surface area contributed by atoms with Crippen molar-refractivity contribution < 1.29 is 0 Å². The minimum atomic E-state index is 0.647. The molecule has 0 spiro atoms. The Balaban J connectivity index is 2.20. The lowest BCUT2D eigenvalue weighted by molar-refractivity contribution is 0.248. The van der Waals surface area contributed by atoms with Crippen LogP contribution < -0.4 is 5.32 Å². The molecule has 0 amide bonds. The largest absolute Gasteiger partial charge is 0.316 e. The molecule has 1 saturated heterocycles. The van der Waals surface area contributed by atoms with Crippen LogP contribution in [0.5, 0.6) is 0 Å². The molecule has 0 aliphatic carbocycles. The van der Waals surface area contributed by atoms with Gasteiger partial charge in [0.05, 0.1) is 0 Å². The molecule has 0 radical (unpaired) electrons. The second kappa shape index (κ2) is 6.46. The third-order valence-electron chi connectivity index (χ3n) is 3.49. The third kappa shape index (κ3) is 4.49. The lowest BCUT2D eigenvalue weighted by atomic mass is 10.1. The first-order chi connectivity index (χ1) is 7.15. The van der Waals surface area contributed by atoms with Gasteiger partial charge in [0.25, 0.3) is 0 Å². The maximum atomic E-state index is 3.36. The fraction of sp³-hybridized carbons (Fsp3) is 1.00. The third-order valence-corrected chi connectivity index (χ3v) is 3.49. The molecule has 1 heterocycles. The van der Waals surface area contributed by atoms with Crippen molar-refractivity contribution in [3.63, 3.8) is 0 Å². The quantitative estimate of drug-likeness (QED) is 0.706. The average molecular weight is 213 g/mol. The summed E-state index contributed by atoms with van der Waals surface area (Å²) < 4.78 is 0. The number of hydrogen-bond donors (Lipinski definition) is 1. The molecule has 2 unspecified atom stereocenters. The number of nitrogens with one attached hydrogen (secondary N) is 1. The van der Waals surface area contributed by atoms with Gasteiger partial charge in [-0.25, -0.2) is 0 Å². The number of likely N-dealkylation sites (N-methyl/N-ethyl adjacent to an activating group) is 2. The van der Waals surface area contributed by atoms with Crippen molar-refractivity contribution in [1.29, 1.82) is 0 Å². The van der Waals surface area contributed by atoms with E-state index in [4.69, 9.17) is 0 Å². The van der Waals surface area contributed by atoms with Crippen LogP contribution in [0.25, 0.3) is 0 Å². The Morgan fingerprint density at radius 2 is 2.27 bits per heavy atom. The molecule has 1 aliphatic rings. The van der Waals surface area contributed by atoms with E-state index in [1.807, 2.05) is 0 Å². The van der Waals surface area contributed by atoms with E-state index < -0.39 is 0 Å². The molecule has 3 heteroatoms. The molecule has 1 N–H and O–H groups in total. The summed E-state index contributed by atoms with van der Waals surface area (Å²) >= 11 is 0. The lowest BCUT2D eigenvalue weighted by Gasteiger charge is -2.25.